The molecule has 1 aliphatic heterocycles. The molecule has 116 valence electrons. The number of aliphatic carboxylic acids is 1. The molecule has 1 rings (SSSR count). The predicted molar refractivity (Wildman–Crippen MR) is 77.6 cm³/mol. The lowest BCUT2D eigenvalue weighted by molar-refractivity contribution is -0.139. The smallest absolute Gasteiger partial charge is 0.303 e. The van der Waals surface area contributed by atoms with E-state index in [0.29, 0.717) is 19.5 Å². The second kappa shape index (κ2) is 8.92. The number of hydrogen-bond acceptors (Lipinski definition) is 4. The number of rotatable bonds is 7. The topological polar surface area (TPSA) is 72.9 Å². The van der Waals surface area contributed by atoms with E-state index in [-0.39, 0.29) is 18.4 Å². The minimum absolute atomic E-state index is 0.104. The SMILES string of the molecule is CC(C)N(CCCC(=O)O)C(=O)CN1CCCNCC1. The van der Waals surface area contributed by atoms with Crippen molar-refractivity contribution < 1.29 is 14.7 Å². The number of carboxylic acids is 1. The molecule has 0 radical (unpaired) electrons. The summed E-state index contributed by atoms with van der Waals surface area (Å²) in [6, 6.07) is 0.112. The number of amides is 1. The quantitative estimate of drug-likeness (QED) is 0.707. The first-order chi connectivity index (χ1) is 9.50. The highest BCUT2D eigenvalue weighted by Gasteiger charge is 2.20. The van der Waals surface area contributed by atoms with Gasteiger partial charge in [-0.1, -0.05) is 0 Å². The molecular weight excluding hydrogens is 258 g/mol. The lowest BCUT2D eigenvalue weighted by Crippen LogP contribution is -2.45. The molecule has 6 heteroatoms. The molecule has 0 saturated carbocycles. The molecule has 0 aromatic heterocycles. The summed E-state index contributed by atoms with van der Waals surface area (Å²) in [5, 5.41) is 12.0. The molecule has 0 aromatic rings. The highest BCUT2D eigenvalue weighted by molar-refractivity contribution is 5.78. The molecule has 0 aliphatic carbocycles. The van der Waals surface area contributed by atoms with Gasteiger partial charge in [0.25, 0.3) is 0 Å². The molecule has 1 saturated heterocycles. The van der Waals surface area contributed by atoms with Gasteiger partial charge in [-0.05, 0) is 39.8 Å². The van der Waals surface area contributed by atoms with E-state index in [1.165, 1.54) is 0 Å². The summed E-state index contributed by atoms with van der Waals surface area (Å²) in [7, 11) is 0. The number of carbonyl (C=O) groups is 2. The summed E-state index contributed by atoms with van der Waals surface area (Å²) in [4.78, 5) is 26.9. The van der Waals surface area contributed by atoms with Crippen molar-refractivity contribution in [3.63, 3.8) is 0 Å². The van der Waals surface area contributed by atoms with Crippen LogP contribution in [0.25, 0.3) is 0 Å². The lowest BCUT2D eigenvalue weighted by atomic mass is 10.2. The molecule has 1 aliphatic rings. The molecule has 6 nitrogen and oxygen atoms in total. The van der Waals surface area contributed by atoms with Crippen molar-refractivity contribution in [1.82, 2.24) is 15.1 Å². The zero-order valence-corrected chi connectivity index (χ0v) is 12.6. The van der Waals surface area contributed by atoms with Gasteiger partial charge in [0.1, 0.15) is 0 Å². The number of carboxylic acid groups (broad SMARTS) is 1. The van der Waals surface area contributed by atoms with Gasteiger partial charge in [0.2, 0.25) is 5.91 Å². The van der Waals surface area contributed by atoms with Crippen molar-refractivity contribution in [2.45, 2.75) is 39.2 Å². The van der Waals surface area contributed by atoms with Crippen LogP contribution in [-0.4, -0.2) is 72.1 Å². The average Bonchev–Trinajstić information content (AvgIpc) is 2.62. The Labute approximate surface area is 121 Å². The van der Waals surface area contributed by atoms with Crippen LogP contribution in [0.5, 0.6) is 0 Å². The second-order valence-corrected chi connectivity index (χ2v) is 5.56. The highest BCUT2D eigenvalue weighted by Crippen LogP contribution is 2.05. The van der Waals surface area contributed by atoms with E-state index in [9.17, 15) is 9.59 Å². The Morgan fingerprint density at radius 3 is 2.70 bits per heavy atom. The van der Waals surface area contributed by atoms with Crippen molar-refractivity contribution in [2.75, 3.05) is 39.3 Å². The summed E-state index contributed by atoms with van der Waals surface area (Å²) in [5.41, 5.74) is 0. The van der Waals surface area contributed by atoms with Gasteiger partial charge in [0, 0.05) is 32.1 Å². The van der Waals surface area contributed by atoms with Crippen LogP contribution in [0.2, 0.25) is 0 Å². The first-order valence-electron chi connectivity index (χ1n) is 7.45. The van der Waals surface area contributed by atoms with E-state index in [0.717, 1.165) is 32.6 Å². The van der Waals surface area contributed by atoms with Crippen molar-refractivity contribution in [3.05, 3.63) is 0 Å². The van der Waals surface area contributed by atoms with Crippen LogP contribution >= 0.6 is 0 Å². The normalized spacial score (nSPS) is 16.9. The Kier molecular flexibility index (Phi) is 7.54. The van der Waals surface area contributed by atoms with Crippen LogP contribution in [0.4, 0.5) is 0 Å². The molecule has 1 fully saturated rings. The highest BCUT2D eigenvalue weighted by atomic mass is 16.4. The van der Waals surface area contributed by atoms with Gasteiger partial charge in [0.15, 0.2) is 0 Å². The van der Waals surface area contributed by atoms with Crippen LogP contribution in [0, 0.1) is 0 Å². The first kappa shape index (κ1) is 16.9. The van der Waals surface area contributed by atoms with Crippen molar-refractivity contribution in [1.29, 1.82) is 0 Å². The van der Waals surface area contributed by atoms with Crippen LogP contribution in [0.15, 0.2) is 0 Å². The molecule has 0 unspecified atom stereocenters. The third kappa shape index (κ3) is 6.34. The zero-order valence-electron chi connectivity index (χ0n) is 12.6. The van der Waals surface area contributed by atoms with Crippen LogP contribution < -0.4 is 5.32 Å². The summed E-state index contributed by atoms with van der Waals surface area (Å²) in [5.74, 6) is -0.702. The predicted octanol–water partition coefficient (Wildman–Crippen LogP) is 0.384. The fraction of sp³-hybridized carbons (Fsp3) is 0.857. The largest absolute Gasteiger partial charge is 0.481 e. The van der Waals surface area contributed by atoms with Crippen LogP contribution in [0.3, 0.4) is 0 Å². The number of carbonyl (C=O) groups excluding carboxylic acids is 1. The van der Waals surface area contributed by atoms with Gasteiger partial charge < -0.3 is 15.3 Å². The Balaban J connectivity index is 2.43. The Hall–Kier alpha value is -1.14. The monoisotopic (exact) mass is 285 g/mol. The van der Waals surface area contributed by atoms with E-state index in [4.69, 9.17) is 5.11 Å². The molecule has 0 bridgehead atoms. The van der Waals surface area contributed by atoms with Gasteiger partial charge in [-0.2, -0.15) is 0 Å². The Morgan fingerprint density at radius 1 is 1.30 bits per heavy atom. The number of hydrogen-bond donors (Lipinski definition) is 2. The molecule has 0 spiro atoms. The standard InChI is InChI=1S/C14H27N3O3/c1-12(2)17(9-3-5-14(19)20)13(18)11-16-8-4-6-15-7-10-16/h12,15H,3-11H2,1-2H3,(H,19,20). The minimum atomic E-state index is -0.806. The van der Waals surface area contributed by atoms with Gasteiger partial charge in [-0.15, -0.1) is 0 Å². The average molecular weight is 285 g/mol. The Bertz CT molecular complexity index is 313. The van der Waals surface area contributed by atoms with Gasteiger partial charge >= 0.3 is 5.97 Å². The van der Waals surface area contributed by atoms with Crippen LogP contribution in [0.1, 0.15) is 33.1 Å². The maximum Gasteiger partial charge on any atom is 0.303 e. The van der Waals surface area contributed by atoms with Gasteiger partial charge in [0.05, 0.1) is 6.54 Å². The lowest BCUT2D eigenvalue weighted by Gasteiger charge is -2.29. The molecule has 1 amide bonds. The summed E-state index contributed by atoms with van der Waals surface area (Å²) < 4.78 is 0. The van der Waals surface area contributed by atoms with Crippen LogP contribution in [-0.2, 0) is 9.59 Å². The van der Waals surface area contributed by atoms with Crippen molar-refractivity contribution in [2.24, 2.45) is 0 Å². The maximum atomic E-state index is 12.4. The van der Waals surface area contributed by atoms with Gasteiger partial charge in [-0.25, -0.2) is 0 Å². The summed E-state index contributed by atoms with van der Waals surface area (Å²) in [6.45, 7) is 8.69. The third-order valence-electron chi connectivity index (χ3n) is 3.52. The van der Waals surface area contributed by atoms with E-state index in [1.807, 2.05) is 13.8 Å². The molecule has 0 aromatic carbocycles. The summed E-state index contributed by atoms with van der Waals surface area (Å²) >= 11 is 0. The molecule has 0 atom stereocenters. The second-order valence-electron chi connectivity index (χ2n) is 5.56. The van der Waals surface area contributed by atoms with Crippen molar-refractivity contribution in [3.8, 4) is 0 Å². The fourth-order valence-corrected chi connectivity index (χ4v) is 2.41. The number of nitrogens with zero attached hydrogens (tertiary/aromatic N) is 2. The number of nitrogens with one attached hydrogen (secondary N) is 1. The van der Waals surface area contributed by atoms with Gasteiger partial charge in [-0.3, -0.25) is 14.5 Å². The van der Waals surface area contributed by atoms with E-state index < -0.39 is 5.97 Å². The first-order valence-corrected chi connectivity index (χ1v) is 7.45. The van der Waals surface area contributed by atoms with E-state index in [2.05, 4.69) is 10.2 Å². The zero-order chi connectivity index (χ0) is 15.0. The molecule has 1 heterocycles. The van der Waals surface area contributed by atoms with E-state index >= 15 is 0 Å². The molecule has 2 N–H and O–H groups in total. The third-order valence-corrected chi connectivity index (χ3v) is 3.52. The van der Waals surface area contributed by atoms with E-state index in [1.54, 1.807) is 4.90 Å². The molecule has 20 heavy (non-hydrogen) atoms. The Morgan fingerprint density at radius 2 is 2.05 bits per heavy atom. The summed E-state index contributed by atoms with van der Waals surface area (Å²) in [6.07, 6.45) is 1.69. The van der Waals surface area contributed by atoms with Crippen molar-refractivity contribution >= 4 is 11.9 Å². The minimum Gasteiger partial charge on any atom is -0.481 e. The maximum absolute atomic E-state index is 12.4. The molecular formula is C14H27N3O3. The fourth-order valence-electron chi connectivity index (χ4n) is 2.41.